The fraction of sp³-hybridized carbons (Fsp3) is 0.286. The van der Waals surface area contributed by atoms with Crippen LogP contribution in [0.5, 0.6) is 0 Å². The Kier molecular flexibility index (Phi) is 9.72. The third kappa shape index (κ3) is 6.90. The summed E-state index contributed by atoms with van der Waals surface area (Å²) in [7, 11) is -4.12. The van der Waals surface area contributed by atoms with Crippen molar-refractivity contribution in [2.45, 2.75) is 44.7 Å². The number of amides is 2. The largest absolute Gasteiger partial charge is 0.355 e. The highest BCUT2D eigenvalue weighted by molar-refractivity contribution is 7.92. The highest BCUT2D eigenvalue weighted by Gasteiger charge is 2.33. The van der Waals surface area contributed by atoms with E-state index in [1.54, 1.807) is 30.3 Å². The Balaban J connectivity index is 2.06. The number of nitrogens with zero attached hydrogens (tertiary/aromatic N) is 2. The Bertz CT molecular complexity index is 1320. The molecule has 0 bridgehead atoms. The minimum absolute atomic E-state index is 0.0462. The number of halogens is 1. The quantitative estimate of drug-likeness (QED) is 0.378. The van der Waals surface area contributed by atoms with Gasteiger partial charge in [-0.3, -0.25) is 13.9 Å². The average molecular weight is 542 g/mol. The molecule has 3 aromatic rings. The first kappa shape index (κ1) is 28.2. The van der Waals surface area contributed by atoms with Crippen LogP contribution in [0.3, 0.4) is 0 Å². The first-order chi connectivity index (χ1) is 17.7. The van der Waals surface area contributed by atoms with Gasteiger partial charge in [0, 0.05) is 18.1 Å². The van der Waals surface area contributed by atoms with E-state index in [-0.39, 0.29) is 23.0 Å². The minimum Gasteiger partial charge on any atom is -0.355 e. The van der Waals surface area contributed by atoms with Crippen LogP contribution in [0.25, 0.3) is 0 Å². The van der Waals surface area contributed by atoms with E-state index in [4.69, 9.17) is 11.6 Å². The van der Waals surface area contributed by atoms with Crippen LogP contribution in [0.2, 0.25) is 5.02 Å². The zero-order valence-corrected chi connectivity index (χ0v) is 22.8. The van der Waals surface area contributed by atoms with Gasteiger partial charge in [0.2, 0.25) is 11.8 Å². The van der Waals surface area contributed by atoms with E-state index in [2.05, 4.69) is 5.32 Å². The number of nitrogens with one attached hydrogen (secondary N) is 1. The molecular formula is C28H32ClN3O4S. The van der Waals surface area contributed by atoms with Gasteiger partial charge in [-0.2, -0.15) is 0 Å². The monoisotopic (exact) mass is 541 g/mol. The molecule has 37 heavy (non-hydrogen) atoms. The van der Waals surface area contributed by atoms with Crippen molar-refractivity contribution >= 4 is 39.1 Å². The predicted octanol–water partition coefficient (Wildman–Crippen LogP) is 4.79. The van der Waals surface area contributed by atoms with Crippen molar-refractivity contribution in [1.29, 1.82) is 0 Å². The molecule has 3 aromatic carbocycles. The van der Waals surface area contributed by atoms with Gasteiger partial charge in [0.15, 0.2) is 0 Å². The van der Waals surface area contributed by atoms with Crippen LogP contribution in [0, 0.1) is 6.92 Å². The van der Waals surface area contributed by atoms with E-state index in [9.17, 15) is 18.0 Å². The number of likely N-dealkylation sites (N-methyl/N-ethyl adjacent to an activating group) is 1. The molecule has 0 aliphatic carbocycles. The summed E-state index contributed by atoms with van der Waals surface area (Å²) in [6, 6.07) is 21.3. The van der Waals surface area contributed by atoms with Crippen molar-refractivity contribution in [2.24, 2.45) is 0 Å². The van der Waals surface area contributed by atoms with Gasteiger partial charge in [0.1, 0.15) is 12.6 Å². The van der Waals surface area contributed by atoms with Crippen LogP contribution in [-0.2, 0) is 26.2 Å². The van der Waals surface area contributed by atoms with Gasteiger partial charge in [-0.1, -0.05) is 73.1 Å². The maximum atomic E-state index is 13.9. The Labute approximate surface area is 224 Å². The molecule has 0 saturated heterocycles. The SMILES string of the molecule is CCNC(=O)[C@@H](CC)N(Cc1ccccc1)C(=O)CN(c1ccc(C)c(Cl)c1)S(=O)(=O)c1ccccc1. The van der Waals surface area contributed by atoms with E-state index in [1.807, 2.05) is 51.1 Å². The van der Waals surface area contributed by atoms with Crippen molar-refractivity contribution in [2.75, 3.05) is 17.4 Å². The molecule has 0 unspecified atom stereocenters. The van der Waals surface area contributed by atoms with Crippen LogP contribution >= 0.6 is 11.6 Å². The summed E-state index contributed by atoms with van der Waals surface area (Å²) in [5.74, 6) is -0.789. The summed E-state index contributed by atoms with van der Waals surface area (Å²) in [5.41, 5.74) is 1.87. The van der Waals surface area contributed by atoms with Gasteiger partial charge in [-0.25, -0.2) is 8.42 Å². The molecule has 0 aromatic heterocycles. The lowest BCUT2D eigenvalue weighted by Gasteiger charge is -2.33. The van der Waals surface area contributed by atoms with Gasteiger partial charge in [0.25, 0.3) is 10.0 Å². The molecule has 7 nitrogen and oxygen atoms in total. The third-order valence-corrected chi connectivity index (χ3v) is 8.18. The number of carbonyl (C=O) groups is 2. The number of carbonyl (C=O) groups excluding carboxylic acids is 2. The van der Waals surface area contributed by atoms with Gasteiger partial charge in [-0.15, -0.1) is 0 Å². The predicted molar refractivity (Wildman–Crippen MR) is 147 cm³/mol. The van der Waals surface area contributed by atoms with E-state index in [0.717, 1.165) is 15.4 Å². The molecule has 1 N–H and O–H groups in total. The molecule has 0 aliphatic rings. The summed E-state index contributed by atoms with van der Waals surface area (Å²) in [6.45, 7) is 5.52. The second-order valence-electron chi connectivity index (χ2n) is 8.58. The summed E-state index contributed by atoms with van der Waals surface area (Å²) in [4.78, 5) is 28.3. The smallest absolute Gasteiger partial charge is 0.264 e. The maximum Gasteiger partial charge on any atom is 0.264 e. The standard InChI is InChI=1S/C28H32ClN3O4S/c1-4-26(28(34)30-5-2)31(19-22-12-8-6-9-13-22)27(33)20-32(23-17-16-21(3)25(29)18-23)37(35,36)24-14-10-7-11-15-24/h6-18,26H,4-5,19-20H2,1-3H3,(H,30,34)/t26-/m1/s1. The molecule has 9 heteroatoms. The van der Waals surface area contributed by atoms with Crippen LogP contribution in [0.4, 0.5) is 5.69 Å². The molecule has 196 valence electrons. The summed E-state index contributed by atoms with van der Waals surface area (Å²) in [5, 5.41) is 3.17. The van der Waals surface area contributed by atoms with Gasteiger partial charge in [-0.05, 0) is 55.7 Å². The molecule has 3 rings (SSSR count). The van der Waals surface area contributed by atoms with E-state index >= 15 is 0 Å². The Morgan fingerprint density at radius 1 is 0.946 bits per heavy atom. The molecule has 0 fully saturated rings. The molecule has 0 saturated carbocycles. The van der Waals surface area contributed by atoms with Crippen LogP contribution in [0.1, 0.15) is 31.4 Å². The van der Waals surface area contributed by atoms with Gasteiger partial charge < -0.3 is 10.2 Å². The molecule has 2 amide bonds. The van der Waals surface area contributed by atoms with Crippen molar-refractivity contribution in [3.05, 3.63) is 95.0 Å². The zero-order valence-electron chi connectivity index (χ0n) is 21.2. The lowest BCUT2D eigenvalue weighted by molar-refractivity contribution is -0.140. The molecule has 0 aliphatic heterocycles. The van der Waals surface area contributed by atoms with Gasteiger partial charge >= 0.3 is 0 Å². The van der Waals surface area contributed by atoms with Crippen molar-refractivity contribution in [3.8, 4) is 0 Å². The molecular weight excluding hydrogens is 510 g/mol. The zero-order chi connectivity index (χ0) is 27.0. The first-order valence-electron chi connectivity index (χ1n) is 12.1. The lowest BCUT2D eigenvalue weighted by atomic mass is 10.1. The third-order valence-electron chi connectivity index (χ3n) is 5.99. The number of sulfonamides is 1. The molecule has 0 heterocycles. The van der Waals surface area contributed by atoms with Crippen LogP contribution < -0.4 is 9.62 Å². The average Bonchev–Trinajstić information content (AvgIpc) is 2.90. The fourth-order valence-electron chi connectivity index (χ4n) is 3.98. The lowest BCUT2D eigenvalue weighted by Crippen LogP contribution is -2.52. The second-order valence-corrected chi connectivity index (χ2v) is 10.9. The summed E-state index contributed by atoms with van der Waals surface area (Å²) >= 11 is 6.34. The topological polar surface area (TPSA) is 86.8 Å². The normalized spacial score (nSPS) is 12.0. The van der Waals surface area contributed by atoms with E-state index in [0.29, 0.717) is 18.0 Å². The Morgan fingerprint density at radius 2 is 1.57 bits per heavy atom. The molecule has 1 atom stereocenters. The number of anilines is 1. The number of rotatable bonds is 11. The Morgan fingerprint density at radius 3 is 2.14 bits per heavy atom. The highest BCUT2D eigenvalue weighted by atomic mass is 35.5. The molecule has 0 spiro atoms. The van der Waals surface area contributed by atoms with Crippen LogP contribution in [0.15, 0.2) is 83.8 Å². The van der Waals surface area contributed by atoms with Gasteiger partial charge in [0.05, 0.1) is 10.6 Å². The first-order valence-corrected chi connectivity index (χ1v) is 14.0. The van der Waals surface area contributed by atoms with Crippen molar-refractivity contribution in [3.63, 3.8) is 0 Å². The van der Waals surface area contributed by atoms with Crippen molar-refractivity contribution < 1.29 is 18.0 Å². The minimum atomic E-state index is -4.12. The Hall–Kier alpha value is -3.36. The molecule has 0 radical (unpaired) electrons. The van der Waals surface area contributed by atoms with Crippen molar-refractivity contribution in [1.82, 2.24) is 10.2 Å². The maximum absolute atomic E-state index is 13.9. The second kappa shape index (κ2) is 12.7. The van der Waals surface area contributed by atoms with Crippen LogP contribution in [-0.4, -0.2) is 44.3 Å². The summed E-state index contributed by atoms with van der Waals surface area (Å²) < 4.78 is 28.6. The number of benzene rings is 3. The number of hydrogen-bond donors (Lipinski definition) is 1. The highest BCUT2D eigenvalue weighted by Crippen LogP contribution is 2.28. The fourth-order valence-corrected chi connectivity index (χ4v) is 5.58. The summed E-state index contributed by atoms with van der Waals surface area (Å²) in [6.07, 6.45) is 0.367. The number of aryl methyl sites for hydroxylation is 1. The van der Waals surface area contributed by atoms with E-state index in [1.165, 1.54) is 23.1 Å². The van der Waals surface area contributed by atoms with E-state index < -0.39 is 28.5 Å². The number of hydrogen-bond acceptors (Lipinski definition) is 4.